The molecule has 0 unspecified atom stereocenters. The topological polar surface area (TPSA) is 75.4 Å². The first-order chi connectivity index (χ1) is 16.1. The Bertz CT molecular complexity index is 1080. The second-order valence-electron chi connectivity index (χ2n) is 10.1. The van der Waals surface area contributed by atoms with E-state index in [4.69, 9.17) is 4.52 Å². The number of carbonyl (C=O) groups is 2. The molecule has 34 heavy (non-hydrogen) atoms. The molecule has 0 aliphatic heterocycles. The minimum absolute atomic E-state index is 0.0148. The van der Waals surface area contributed by atoms with Crippen LogP contribution in [0.15, 0.2) is 65.2 Å². The lowest BCUT2D eigenvalue weighted by Crippen LogP contribution is -2.32. The molecule has 6 heteroatoms. The van der Waals surface area contributed by atoms with E-state index in [2.05, 4.69) is 31.2 Å². The summed E-state index contributed by atoms with van der Waals surface area (Å²) in [7, 11) is 0. The molecule has 6 nitrogen and oxygen atoms in total. The average molecular weight is 462 g/mol. The van der Waals surface area contributed by atoms with Crippen LogP contribution in [-0.2, 0) is 18.4 Å². The van der Waals surface area contributed by atoms with Crippen LogP contribution in [0.2, 0.25) is 0 Å². The number of benzene rings is 2. The molecule has 3 rings (SSSR count). The molecular weight excluding hydrogens is 426 g/mol. The van der Waals surface area contributed by atoms with Crippen molar-refractivity contribution in [2.45, 2.75) is 53.0 Å². The zero-order chi connectivity index (χ0) is 24.7. The predicted octanol–water partition coefficient (Wildman–Crippen LogP) is 5.24. The second kappa shape index (κ2) is 11.1. The van der Waals surface area contributed by atoms with Crippen molar-refractivity contribution in [3.05, 3.63) is 88.8 Å². The summed E-state index contributed by atoms with van der Waals surface area (Å²) in [5, 5.41) is 6.75. The molecule has 0 radical (unpaired) electrons. The molecule has 0 saturated carbocycles. The van der Waals surface area contributed by atoms with Gasteiger partial charge >= 0.3 is 0 Å². The Morgan fingerprint density at radius 3 is 2.32 bits per heavy atom. The van der Waals surface area contributed by atoms with Gasteiger partial charge in [0.1, 0.15) is 0 Å². The number of nitrogens with zero attached hydrogens (tertiary/aromatic N) is 2. The third kappa shape index (κ3) is 7.04. The molecule has 0 aliphatic carbocycles. The second-order valence-corrected chi connectivity index (χ2v) is 10.1. The van der Waals surface area contributed by atoms with Gasteiger partial charge in [0.2, 0.25) is 0 Å². The van der Waals surface area contributed by atoms with Crippen molar-refractivity contribution >= 4 is 11.8 Å². The van der Waals surface area contributed by atoms with Crippen LogP contribution in [0, 0.1) is 5.92 Å². The van der Waals surface area contributed by atoms with Crippen molar-refractivity contribution in [3.8, 4) is 0 Å². The van der Waals surface area contributed by atoms with Crippen LogP contribution < -0.4 is 5.32 Å². The van der Waals surface area contributed by atoms with Crippen LogP contribution in [0.5, 0.6) is 0 Å². The quantitative estimate of drug-likeness (QED) is 0.473. The van der Waals surface area contributed by atoms with Gasteiger partial charge in [0.05, 0.1) is 6.54 Å². The summed E-state index contributed by atoms with van der Waals surface area (Å²) in [6.07, 6.45) is 0.711. The highest BCUT2D eigenvalue weighted by Crippen LogP contribution is 2.23. The first-order valence-electron chi connectivity index (χ1n) is 11.8. The van der Waals surface area contributed by atoms with Gasteiger partial charge in [-0.2, -0.15) is 0 Å². The molecule has 0 fully saturated rings. The summed E-state index contributed by atoms with van der Waals surface area (Å²) < 4.78 is 5.42. The normalized spacial score (nSPS) is 11.5. The molecule has 1 aromatic heterocycles. The van der Waals surface area contributed by atoms with E-state index in [1.807, 2.05) is 68.4 Å². The SMILES string of the molecule is CC(C)CNC(=O)c1cc(CN(CCc2ccccc2)C(=O)c2ccc(C(C)(C)C)cc2)on1. The lowest BCUT2D eigenvalue weighted by Gasteiger charge is -2.23. The predicted molar refractivity (Wildman–Crippen MR) is 134 cm³/mol. The number of amides is 2. The lowest BCUT2D eigenvalue weighted by molar-refractivity contribution is 0.0729. The van der Waals surface area contributed by atoms with Crippen LogP contribution in [0.3, 0.4) is 0 Å². The largest absolute Gasteiger partial charge is 0.359 e. The van der Waals surface area contributed by atoms with Gasteiger partial charge in [0.25, 0.3) is 11.8 Å². The van der Waals surface area contributed by atoms with Crippen molar-refractivity contribution in [2.75, 3.05) is 13.1 Å². The van der Waals surface area contributed by atoms with Crippen LogP contribution in [0.4, 0.5) is 0 Å². The third-order valence-corrected chi connectivity index (χ3v) is 5.61. The summed E-state index contributed by atoms with van der Waals surface area (Å²) in [5.74, 6) is 0.454. The van der Waals surface area contributed by atoms with Crippen molar-refractivity contribution < 1.29 is 14.1 Å². The van der Waals surface area contributed by atoms with Crippen molar-refractivity contribution in [1.29, 1.82) is 0 Å². The average Bonchev–Trinajstić information content (AvgIpc) is 3.28. The zero-order valence-electron chi connectivity index (χ0n) is 20.8. The molecule has 2 amide bonds. The molecule has 0 atom stereocenters. The first-order valence-corrected chi connectivity index (χ1v) is 11.8. The van der Waals surface area contributed by atoms with E-state index in [0.717, 1.165) is 5.56 Å². The summed E-state index contributed by atoms with van der Waals surface area (Å²) in [5.41, 5.74) is 3.18. The summed E-state index contributed by atoms with van der Waals surface area (Å²) in [4.78, 5) is 27.5. The maximum Gasteiger partial charge on any atom is 0.273 e. The first kappa shape index (κ1) is 25.2. The van der Waals surface area contributed by atoms with Crippen LogP contribution in [0.25, 0.3) is 0 Å². The summed E-state index contributed by atoms with van der Waals surface area (Å²) in [6, 6.07) is 19.4. The van der Waals surface area contributed by atoms with Crippen LogP contribution in [-0.4, -0.2) is 35.0 Å². The van der Waals surface area contributed by atoms with Gasteiger partial charge in [0.15, 0.2) is 11.5 Å². The molecule has 0 spiro atoms. The van der Waals surface area contributed by atoms with E-state index >= 15 is 0 Å². The molecule has 1 N–H and O–H groups in total. The number of hydrogen-bond donors (Lipinski definition) is 1. The Morgan fingerprint density at radius 2 is 1.71 bits per heavy atom. The van der Waals surface area contributed by atoms with Gasteiger partial charge < -0.3 is 14.7 Å². The molecule has 0 bridgehead atoms. The minimum atomic E-state index is -0.274. The third-order valence-electron chi connectivity index (χ3n) is 5.61. The number of nitrogens with one attached hydrogen (secondary N) is 1. The van der Waals surface area contributed by atoms with Crippen molar-refractivity contribution in [3.63, 3.8) is 0 Å². The fourth-order valence-corrected chi connectivity index (χ4v) is 3.53. The maximum absolute atomic E-state index is 13.4. The van der Waals surface area contributed by atoms with Gasteiger partial charge in [-0.15, -0.1) is 0 Å². The van der Waals surface area contributed by atoms with Crippen LogP contribution in [0.1, 0.15) is 72.4 Å². The number of hydrogen-bond acceptors (Lipinski definition) is 4. The molecule has 1 heterocycles. The Hall–Kier alpha value is -3.41. The Morgan fingerprint density at radius 1 is 1.03 bits per heavy atom. The zero-order valence-corrected chi connectivity index (χ0v) is 20.8. The molecule has 0 aliphatic rings. The molecule has 180 valence electrons. The number of carbonyl (C=O) groups excluding carboxylic acids is 2. The fraction of sp³-hybridized carbons (Fsp3) is 0.393. The van der Waals surface area contributed by atoms with Crippen LogP contribution >= 0.6 is 0 Å². The van der Waals surface area contributed by atoms with Gasteiger partial charge in [-0.25, -0.2) is 0 Å². The Labute approximate surface area is 202 Å². The van der Waals surface area contributed by atoms with Crippen molar-refractivity contribution in [1.82, 2.24) is 15.4 Å². The molecule has 2 aromatic carbocycles. The van der Waals surface area contributed by atoms with Gasteiger partial charge in [0, 0.05) is 24.7 Å². The molecule has 0 saturated heterocycles. The monoisotopic (exact) mass is 461 g/mol. The lowest BCUT2D eigenvalue weighted by atomic mass is 9.86. The number of aromatic nitrogens is 1. The van der Waals surface area contributed by atoms with E-state index in [1.54, 1.807) is 11.0 Å². The van der Waals surface area contributed by atoms with E-state index < -0.39 is 0 Å². The van der Waals surface area contributed by atoms with Gasteiger partial charge in [-0.3, -0.25) is 9.59 Å². The van der Waals surface area contributed by atoms with Gasteiger partial charge in [-0.05, 0) is 41.0 Å². The minimum Gasteiger partial charge on any atom is -0.359 e. The molecular formula is C28H35N3O3. The highest BCUT2D eigenvalue weighted by molar-refractivity contribution is 5.94. The highest BCUT2D eigenvalue weighted by Gasteiger charge is 2.21. The Kier molecular flexibility index (Phi) is 8.26. The fourth-order valence-electron chi connectivity index (χ4n) is 3.53. The van der Waals surface area contributed by atoms with E-state index in [0.29, 0.717) is 36.8 Å². The highest BCUT2D eigenvalue weighted by atomic mass is 16.5. The van der Waals surface area contributed by atoms with E-state index in [9.17, 15) is 9.59 Å². The Balaban J connectivity index is 1.77. The van der Waals surface area contributed by atoms with Crippen molar-refractivity contribution in [2.24, 2.45) is 5.92 Å². The van der Waals surface area contributed by atoms with E-state index in [-0.39, 0.29) is 29.5 Å². The molecule has 3 aromatic rings. The van der Waals surface area contributed by atoms with Gasteiger partial charge in [-0.1, -0.05) is 82.2 Å². The maximum atomic E-state index is 13.4. The summed E-state index contributed by atoms with van der Waals surface area (Å²) in [6.45, 7) is 11.8. The number of rotatable bonds is 9. The summed E-state index contributed by atoms with van der Waals surface area (Å²) >= 11 is 0. The smallest absolute Gasteiger partial charge is 0.273 e. The standard InChI is InChI=1S/C28H35N3O3/c1-20(2)18-29-26(32)25-17-24(34-30-25)19-31(16-15-21-9-7-6-8-10-21)27(33)22-11-13-23(14-12-22)28(3,4)5/h6-14,17,20H,15-16,18-19H2,1-5H3,(H,29,32). The van der Waals surface area contributed by atoms with E-state index in [1.165, 1.54) is 5.56 Å².